The molecule has 3 aromatic rings. The van der Waals surface area contributed by atoms with Gasteiger partial charge in [0.05, 0.1) is 12.4 Å². The highest BCUT2D eigenvalue weighted by atomic mass is 19.5. The standard InChI is InChI=1S/C26H36N4.2BF4/c1-3-5-7-11-17-29-19-13-9-15-25(29)23-21-28-24(22-27-23)26-16-10-14-20-30(26)18-12-8-6-4-2;2*2-1(3,4)5/h9-10,13-16,19-22H,3-8,11-12,17-18H2,1-2H3;;/q+2;2*-1. The van der Waals surface area contributed by atoms with Crippen molar-refractivity contribution in [3.05, 3.63) is 61.2 Å². The van der Waals surface area contributed by atoms with Crippen molar-refractivity contribution in [3.63, 3.8) is 0 Å². The molecular weight excluding hydrogens is 542 g/mol. The molecule has 0 aliphatic heterocycles. The number of hydrogen-bond donors (Lipinski definition) is 0. The third kappa shape index (κ3) is 16.8. The second-order valence-corrected chi connectivity index (χ2v) is 8.96. The molecule has 0 N–H and O–H groups in total. The fraction of sp³-hybridized carbons (Fsp3) is 0.462. The highest BCUT2D eigenvalue weighted by Gasteiger charge is 2.21. The predicted molar refractivity (Wildman–Crippen MR) is 142 cm³/mol. The number of aryl methyl sites for hydroxylation is 2. The molecule has 40 heavy (non-hydrogen) atoms. The van der Waals surface area contributed by atoms with E-state index in [0.29, 0.717) is 0 Å². The van der Waals surface area contributed by atoms with Crippen LogP contribution in [0.15, 0.2) is 61.2 Å². The van der Waals surface area contributed by atoms with Crippen LogP contribution >= 0.6 is 0 Å². The van der Waals surface area contributed by atoms with Crippen LogP contribution in [0.5, 0.6) is 0 Å². The molecule has 14 heteroatoms. The molecule has 3 heterocycles. The molecule has 3 aromatic heterocycles. The molecule has 0 saturated carbocycles. The Balaban J connectivity index is 0.000000686. The van der Waals surface area contributed by atoms with E-state index in [4.69, 9.17) is 9.97 Å². The van der Waals surface area contributed by atoms with Crippen molar-refractivity contribution >= 4 is 14.5 Å². The number of rotatable bonds is 12. The van der Waals surface area contributed by atoms with Gasteiger partial charge in [0.15, 0.2) is 23.8 Å². The number of aromatic nitrogens is 4. The smallest absolute Gasteiger partial charge is 0.418 e. The summed E-state index contributed by atoms with van der Waals surface area (Å²) in [6, 6.07) is 12.6. The van der Waals surface area contributed by atoms with Crippen LogP contribution in [0.1, 0.15) is 65.2 Å². The highest BCUT2D eigenvalue weighted by Crippen LogP contribution is 2.16. The third-order valence-electron chi connectivity index (χ3n) is 5.56. The molecule has 222 valence electrons. The maximum atomic E-state index is 9.75. The van der Waals surface area contributed by atoms with Gasteiger partial charge in [0.2, 0.25) is 11.4 Å². The molecule has 0 radical (unpaired) electrons. The molecule has 0 fully saturated rings. The third-order valence-corrected chi connectivity index (χ3v) is 5.56. The van der Waals surface area contributed by atoms with E-state index in [1.54, 1.807) is 0 Å². The molecule has 0 aliphatic rings. The van der Waals surface area contributed by atoms with Crippen LogP contribution in [-0.2, 0) is 13.1 Å². The van der Waals surface area contributed by atoms with Crippen molar-refractivity contribution in [2.75, 3.05) is 0 Å². The first-order chi connectivity index (χ1) is 18.8. The maximum Gasteiger partial charge on any atom is 0.673 e. The van der Waals surface area contributed by atoms with Gasteiger partial charge in [0, 0.05) is 37.1 Å². The number of unbranched alkanes of at least 4 members (excludes halogenated alkanes) is 6. The van der Waals surface area contributed by atoms with Gasteiger partial charge < -0.3 is 34.5 Å². The van der Waals surface area contributed by atoms with Crippen molar-refractivity contribution in [2.24, 2.45) is 0 Å². The summed E-state index contributed by atoms with van der Waals surface area (Å²) in [5.41, 5.74) is 4.13. The van der Waals surface area contributed by atoms with E-state index >= 15 is 0 Å². The van der Waals surface area contributed by atoms with Gasteiger partial charge in [-0.3, -0.25) is 0 Å². The zero-order chi connectivity index (χ0) is 30.0. The second kappa shape index (κ2) is 18.3. The van der Waals surface area contributed by atoms with E-state index in [1.807, 2.05) is 12.4 Å². The van der Waals surface area contributed by atoms with Crippen molar-refractivity contribution in [2.45, 2.75) is 78.3 Å². The number of halogens is 8. The summed E-state index contributed by atoms with van der Waals surface area (Å²) in [5, 5.41) is 0. The lowest BCUT2D eigenvalue weighted by Crippen LogP contribution is -2.36. The quantitative estimate of drug-likeness (QED) is 0.0942. The Kier molecular flexibility index (Phi) is 16.0. The molecule has 0 spiro atoms. The van der Waals surface area contributed by atoms with Gasteiger partial charge in [0.25, 0.3) is 0 Å². The fourth-order valence-corrected chi connectivity index (χ4v) is 3.82. The van der Waals surface area contributed by atoms with Crippen LogP contribution in [0.4, 0.5) is 34.5 Å². The summed E-state index contributed by atoms with van der Waals surface area (Å²) in [5.74, 6) is 0. The summed E-state index contributed by atoms with van der Waals surface area (Å²) in [7, 11) is -12.0. The van der Waals surface area contributed by atoms with Crippen LogP contribution in [0.3, 0.4) is 0 Å². The predicted octanol–water partition coefficient (Wildman–Crippen LogP) is 8.15. The van der Waals surface area contributed by atoms with Crippen molar-refractivity contribution in [1.29, 1.82) is 0 Å². The fourth-order valence-electron chi connectivity index (χ4n) is 3.82. The van der Waals surface area contributed by atoms with Crippen LogP contribution in [0, 0.1) is 0 Å². The van der Waals surface area contributed by atoms with E-state index in [1.165, 1.54) is 51.4 Å². The molecule has 4 nitrogen and oxygen atoms in total. The van der Waals surface area contributed by atoms with Gasteiger partial charge in [-0.05, 0) is 25.0 Å². The molecule has 0 saturated heterocycles. The average Bonchev–Trinajstić information content (AvgIpc) is 2.88. The Morgan fingerprint density at radius 1 is 0.550 bits per heavy atom. The largest absolute Gasteiger partial charge is 0.673 e. The van der Waals surface area contributed by atoms with Gasteiger partial charge in [-0.2, -0.15) is 9.13 Å². The van der Waals surface area contributed by atoms with Crippen LogP contribution < -0.4 is 9.13 Å². The lowest BCUT2D eigenvalue weighted by Gasteiger charge is -2.05. The summed E-state index contributed by atoms with van der Waals surface area (Å²) >= 11 is 0. The minimum Gasteiger partial charge on any atom is -0.418 e. The maximum absolute atomic E-state index is 9.75. The van der Waals surface area contributed by atoms with E-state index in [0.717, 1.165) is 35.9 Å². The Hall–Kier alpha value is -3.05. The summed E-state index contributed by atoms with van der Waals surface area (Å²) in [6.07, 6.45) is 18.2. The SMILES string of the molecule is CCCCCC[n+]1ccccc1-c1cnc(-c2cccc[n+]2CCCCCC)cn1.F[B-](F)(F)F.F[B-](F)(F)F. The van der Waals surface area contributed by atoms with Gasteiger partial charge in [-0.15, -0.1) is 0 Å². The van der Waals surface area contributed by atoms with Crippen molar-refractivity contribution < 1.29 is 43.7 Å². The summed E-state index contributed by atoms with van der Waals surface area (Å²) in [6.45, 7) is 6.55. The molecule has 3 rings (SSSR count). The van der Waals surface area contributed by atoms with Crippen LogP contribution in [0.2, 0.25) is 0 Å². The monoisotopic (exact) mass is 578 g/mol. The Morgan fingerprint density at radius 2 is 0.900 bits per heavy atom. The molecule has 0 amide bonds. The number of hydrogen-bond acceptors (Lipinski definition) is 2. The molecule has 0 atom stereocenters. The van der Waals surface area contributed by atoms with Gasteiger partial charge >= 0.3 is 14.5 Å². The molecule has 0 aliphatic carbocycles. The van der Waals surface area contributed by atoms with Gasteiger partial charge in [0.1, 0.15) is 13.1 Å². The van der Waals surface area contributed by atoms with Crippen LogP contribution in [0.25, 0.3) is 22.8 Å². The first kappa shape index (κ1) is 35.0. The lowest BCUT2D eigenvalue weighted by atomic mass is 10.2. The number of nitrogens with zero attached hydrogens (tertiary/aromatic N) is 4. The molecule has 0 aromatic carbocycles. The lowest BCUT2D eigenvalue weighted by molar-refractivity contribution is -0.687. The summed E-state index contributed by atoms with van der Waals surface area (Å²) in [4.78, 5) is 9.57. The highest BCUT2D eigenvalue weighted by molar-refractivity contribution is 6.50. The van der Waals surface area contributed by atoms with Crippen LogP contribution in [-0.4, -0.2) is 24.5 Å². The molecular formula is C26H36B2F8N4. The van der Waals surface area contributed by atoms with Crippen molar-refractivity contribution in [3.8, 4) is 22.8 Å². The minimum absolute atomic E-state index is 0.931. The van der Waals surface area contributed by atoms with Gasteiger partial charge in [-0.1, -0.05) is 39.5 Å². The molecule has 0 unspecified atom stereocenters. The van der Waals surface area contributed by atoms with Gasteiger partial charge in [-0.25, -0.2) is 9.97 Å². The number of pyridine rings is 2. The topological polar surface area (TPSA) is 33.5 Å². The zero-order valence-electron chi connectivity index (χ0n) is 22.8. The zero-order valence-corrected chi connectivity index (χ0v) is 22.8. The van der Waals surface area contributed by atoms with E-state index in [9.17, 15) is 34.5 Å². The van der Waals surface area contributed by atoms with E-state index in [2.05, 4.69) is 71.8 Å². The van der Waals surface area contributed by atoms with E-state index < -0.39 is 14.5 Å². The Bertz CT molecular complexity index is 999. The Labute approximate surface area is 230 Å². The first-order valence-corrected chi connectivity index (χ1v) is 13.4. The summed E-state index contributed by atoms with van der Waals surface area (Å²) < 4.78 is 82.6. The van der Waals surface area contributed by atoms with E-state index in [-0.39, 0.29) is 0 Å². The normalized spacial score (nSPS) is 11.2. The average molecular weight is 578 g/mol. The Morgan fingerprint density at radius 3 is 1.20 bits per heavy atom. The van der Waals surface area contributed by atoms with Crippen molar-refractivity contribution in [1.82, 2.24) is 9.97 Å². The molecule has 0 bridgehead atoms. The second-order valence-electron chi connectivity index (χ2n) is 8.96. The first-order valence-electron chi connectivity index (χ1n) is 13.4. The minimum atomic E-state index is -6.00.